The van der Waals surface area contributed by atoms with Crippen molar-refractivity contribution in [1.29, 1.82) is 0 Å². The van der Waals surface area contributed by atoms with Crippen molar-refractivity contribution in [2.24, 2.45) is 0 Å². The van der Waals surface area contributed by atoms with Crippen molar-refractivity contribution in [2.45, 2.75) is 56.9 Å². The van der Waals surface area contributed by atoms with Crippen LogP contribution in [-0.2, 0) is 21.2 Å². The van der Waals surface area contributed by atoms with Gasteiger partial charge in [-0.3, -0.25) is 4.79 Å². The average Bonchev–Trinajstić information content (AvgIpc) is 2.78. The largest absolute Gasteiger partial charge is 0.496 e. The molecule has 0 saturated carbocycles. The maximum Gasteiger partial charge on any atom is 0.243 e. The molecule has 168 valence electrons. The summed E-state index contributed by atoms with van der Waals surface area (Å²) in [5.74, 6) is 0.511. The molecule has 1 aliphatic rings. The standard InChI is InChI=1S/C24H32N2O4S/c1-18-7-9-20(10-8-18)19(2)25-24(27)14-11-21-17-22(12-13-23(21)30-3)31(28,29)26-15-5-4-6-16-26/h7-10,12-13,17,19H,4-6,11,14-16H2,1-3H3,(H,25,27)/t19-/m1/s1. The molecule has 3 rings (SSSR count). The number of aryl methyl sites for hydroxylation is 2. The molecule has 1 aliphatic heterocycles. The van der Waals surface area contributed by atoms with Crippen molar-refractivity contribution < 1.29 is 17.9 Å². The van der Waals surface area contributed by atoms with Crippen LogP contribution in [0.15, 0.2) is 47.4 Å². The zero-order chi connectivity index (χ0) is 22.4. The molecule has 7 heteroatoms. The van der Waals surface area contributed by atoms with Crippen LogP contribution in [-0.4, -0.2) is 38.8 Å². The first-order chi connectivity index (χ1) is 14.8. The summed E-state index contributed by atoms with van der Waals surface area (Å²) >= 11 is 0. The second kappa shape index (κ2) is 10.3. The van der Waals surface area contributed by atoms with Crippen LogP contribution in [0.1, 0.15) is 55.3 Å². The van der Waals surface area contributed by atoms with Gasteiger partial charge in [0.2, 0.25) is 15.9 Å². The lowest BCUT2D eigenvalue weighted by molar-refractivity contribution is -0.121. The van der Waals surface area contributed by atoms with E-state index in [1.807, 2.05) is 38.1 Å². The third kappa shape index (κ3) is 5.86. The fourth-order valence-electron chi connectivity index (χ4n) is 3.87. The molecular weight excluding hydrogens is 412 g/mol. The topological polar surface area (TPSA) is 75.7 Å². The Morgan fingerprint density at radius 1 is 1.10 bits per heavy atom. The van der Waals surface area contributed by atoms with Gasteiger partial charge in [0, 0.05) is 19.5 Å². The van der Waals surface area contributed by atoms with Crippen LogP contribution in [0.4, 0.5) is 0 Å². The minimum absolute atomic E-state index is 0.0839. The molecule has 0 radical (unpaired) electrons. The third-order valence-corrected chi connectivity index (χ3v) is 7.68. The number of amides is 1. The zero-order valence-electron chi connectivity index (χ0n) is 18.6. The second-order valence-corrected chi connectivity index (χ2v) is 10.1. The van der Waals surface area contributed by atoms with Crippen molar-refractivity contribution in [3.8, 4) is 5.75 Å². The Kier molecular flexibility index (Phi) is 7.73. The first-order valence-corrected chi connectivity index (χ1v) is 12.3. The molecule has 0 unspecified atom stereocenters. The molecule has 2 aromatic carbocycles. The van der Waals surface area contributed by atoms with Gasteiger partial charge in [0.1, 0.15) is 5.75 Å². The van der Waals surface area contributed by atoms with Crippen LogP contribution in [0.25, 0.3) is 0 Å². The van der Waals surface area contributed by atoms with Gasteiger partial charge in [-0.25, -0.2) is 8.42 Å². The van der Waals surface area contributed by atoms with Crippen molar-refractivity contribution in [2.75, 3.05) is 20.2 Å². The van der Waals surface area contributed by atoms with E-state index in [0.717, 1.165) is 30.4 Å². The Hall–Kier alpha value is -2.38. The highest BCUT2D eigenvalue weighted by atomic mass is 32.2. The average molecular weight is 445 g/mol. The number of carbonyl (C=O) groups excluding carboxylic acids is 1. The SMILES string of the molecule is COc1ccc(S(=O)(=O)N2CCCCC2)cc1CCC(=O)N[C@H](C)c1ccc(C)cc1. The predicted molar refractivity (Wildman–Crippen MR) is 122 cm³/mol. The number of benzene rings is 2. The van der Waals surface area contributed by atoms with Gasteiger partial charge in [0.25, 0.3) is 0 Å². The Bertz CT molecular complexity index is 997. The third-order valence-electron chi connectivity index (χ3n) is 5.78. The highest BCUT2D eigenvalue weighted by Crippen LogP contribution is 2.27. The molecule has 6 nitrogen and oxygen atoms in total. The van der Waals surface area contributed by atoms with Crippen molar-refractivity contribution in [3.63, 3.8) is 0 Å². The Labute approximate surface area is 185 Å². The lowest BCUT2D eigenvalue weighted by atomic mass is 10.1. The van der Waals surface area contributed by atoms with E-state index in [1.54, 1.807) is 29.6 Å². The van der Waals surface area contributed by atoms with Crippen LogP contribution >= 0.6 is 0 Å². The number of piperidine rings is 1. The van der Waals surface area contributed by atoms with E-state index in [-0.39, 0.29) is 23.3 Å². The molecule has 2 aromatic rings. The van der Waals surface area contributed by atoms with Gasteiger partial charge in [-0.05, 0) is 62.4 Å². The van der Waals surface area contributed by atoms with Crippen LogP contribution in [0.3, 0.4) is 0 Å². The van der Waals surface area contributed by atoms with Crippen molar-refractivity contribution in [3.05, 3.63) is 59.2 Å². The molecule has 1 heterocycles. The van der Waals surface area contributed by atoms with Gasteiger partial charge in [0.15, 0.2) is 0 Å². The molecule has 1 fully saturated rings. The van der Waals surface area contributed by atoms with E-state index < -0.39 is 10.0 Å². The second-order valence-electron chi connectivity index (χ2n) is 8.14. The number of carbonyl (C=O) groups is 1. The summed E-state index contributed by atoms with van der Waals surface area (Å²) in [5, 5.41) is 3.01. The Morgan fingerprint density at radius 2 is 1.77 bits per heavy atom. The predicted octanol–water partition coefficient (Wildman–Crippen LogP) is 3.99. The fraction of sp³-hybridized carbons (Fsp3) is 0.458. The molecule has 1 amide bonds. The van der Waals surface area contributed by atoms with Crippen LogP contribution in [0.2, 0.25) is 0 Å². The van der Waals surface area contributed by atoms with Gasteiger partial charge in [-0.15, -0.1) is 0 Å². The molecule has 0 spiro atoms. The van der Waals surface area contributed by atoms with Crippen molar-refractivity contribution in [1.82, 2.24) is 9.62 Å². The van der Waals surface area contributed by atoms with E-state index >= 15 is 0 Å². The summed E-state index contributed by atoms with van der Waals surface area (Å²) in [4.78, 5) is 12.8. The lowest BCUT2D eigenvalue weighted by Gasteiger charge is -2.26. The van der Waals surface area contributed by atoms with Gasteiger partial charge in [0.05, 0.1) is 18.0 Å². The van der Waals surface area contributed by atoms with E-state index in [2.05, 4.69) is 5.32 Å². The molecule has 1 atom stereocenters. The number of hydrogen-bond donors (Lipinski definition) is 1. The summed E-state index contributed by atoms with van der Waals surface area (Å²) in [5.41, 5.74) is 2.94. The summed E-state index contributed by atoms with van der Waals surface area (Å²) < 4.78 is 33.0. The summed E-state index contributed by atoms with van der Waals surface area (Å²) in [6.45, 7) is 5.10. The molecule has 0 aliphatic carbocycles. The van der Waals surface area contributed by atoms with Crippen molar-refractivity contribution >= 4 is 15.9 Å². The molecule has 0 aromatic heterocycles. The summed E-state index contributed by atoms with van der Waals surface area (Å²) in [7, 11) is -1.98. The molecule has 1 saturated heterocycles. The smallest absolute Gasteiger partial charge is 0.243 e. The number of nitrogens with zero attached hydrogens (tertiary/aromatic N) is 1. The Balaban J connectivity index is 1.68. The number of ether oxygens (including phenoxy) is 1. The summed E-state index contributed by atoms with van der Waals surface area (Å²) in [6.07, 6.45) is 3.50. The normalized spacial score (nSPS) is 16.0. The van der Waals surface area contributed by atoms with E-state index in [1.165, 1.54) is 5.56 Å². The number of sulfonamides is 1. The number of hydrogen-bond acceptors (Lipinski definition) is 4. The minimum atomic E-state index is -3.53. The van der Waals surface area contributed by atoms with E-state index in [9.17, 15) is 13.2 Å². The molecule has 1 N–H and O–H groups in total. The number of rotatable bonds is 8. The maximum absolute atomic E-state index is 13.0. The molecule has 0 bridgehead atoms. The Morgan fingerprint density at radius 3 is 2.42 bits per heavy atom. The van der Waals surface area contributed by atoms with Crippen LogP contribution < -0.4 is 10.1 Å². The highest BCUT2D eigenvalue weighted by molar-refractivity contribution is 7.89. The van der Waals surface area contributed by atoms with Gasteiger partial charge < -0.3 is 10.1 Å². The fourth-order valence-corrected chi connectivity index (χ4v) is 5.43. The van der Waals surface area contributed by atoms with Gasteiger partial charge >= 0.3 is 0 Å². The summed E-state index contributed by atoms with van der Waals surface area (Å²) in [6, 6.07) is 12.9. The van der Waals surface area contributed by atoms with E-state index in [0.29, 0.717) is 25.3 Å². The number of nitrogens with one attached hydrogen (secondary N) is 1. The van der Waals surface area contributed by atoms with E-state index in [4.69, 9.17) is 4.74 Å². The van der Waals surface area contributed by atoms with Gasteiger partial charge in [-0.1, -0.05) is 36.2 Å². The molecular formula is C24H32N2O4S. The highest BCUT2D eigenvalue weighted by Gasteiger charge is 2.26. The monoisotopic (exact) mass is 444 g/mol. The van der Waals surface area contributed by atoms with Crippen LogP contribution in [0, 0.1) is 6.92 Å². The first kappa shape index (κ1) is 23.3. The van der Waals surface area contributed by atoms with Gasteiger partial charge in [-0.2, -0.15) is 4.31 Å². The lowest BCUT2D eigenvalue weighted by Crippen LogP contribution is -2.35. The van der Waals surface area contributed by atoms with Crippen LogP contribution in [0.5, 0.6) is 5.75 Å². The number of methoxy groups -OCH3 is 1. The first-order valence-electron chi connectivity index (χ1n) is 10.8. The molecule has 31 heavy (non-hydrogen) atoms. The quantitative estimate of drug-likeness (QED) is 0.668. The zero-order valence-corrected chi connectivity index (χ0v) is 19.4. The maximum atomic E-state index is 13.0. The minimum Gasteiger partial charge on any atom is -0.496 e.